The van der Waals surface area contributed by atoms with E-state index in [-0.39, 0.29) is 11.2 Å². The van der Waals surface area contributed by atoms with Crippen LogP contribution < -0.4 is 5.46 Å². The van der Waals surface area contributed by atoms with Crippen molar-refractivity contribution in [3.05, 3.63) is 23.0 Å². The molecule has 0 unspecified atom stereocenters. The molecule has 0 spiro atoms. The highest BCUT2D eigenvalue weighted by Crippen LogP contribution is 2.36. The lowest BCUT2D eigenvalue weighted by Crippen LogP contribution is -2.41. The summed E-state index contributed by atoms with van der Waals surface area (Å²) in [5, 5.41) is 0.422. The molecule has 0 amide bonds. The standard InChI is InChI=1S/C14H17BClNO2/c1-6-7-11-10(8-9-12(16)17-11)15-18-13(2,3)14(4,5)19-15/h1,8-9H,7H2,2-5H3. The SMILES string of the molecule is C#CCc1nc(Cl)ccc1B1OC(C)(C)C(C)(C)O1. The number of nitrogens with zero attached hydrogens (tertiary/aromatic N) is 1. The van der Waals surface area contributed by atoms with Crippen LogP contribution in [0.2, 0.25) is 5.15 Å². The molecular formula is C14H17BClNO2. The molecule has 5 heteroatoms. The Balaban J connectivity index is 2.37. The quantitative estimate of drug-likeness (QED) is 0.472. The predicted molar refractivity (Wildman–Crippen MR) is 77.5 cm³/mol. The highest BCUT2D eigenvalue weighted by Gasteiger charge is 2.52. The summed E-state index contributed by atoms with van der Waals surface area (Å²) >= 11 is 5.91. The van der Waals surface area contributed by atoms with Gasteiger partial charge in [0.1, 0.15) is 5.15 Å². The molecule has 0 radical (unpaired) electrons. The van der Waals surface area contributed by atoms with Gasteiger partial charge in [-0.15, -0.1) is 12.3 Å². The number of rotatable bonds is 2. The van der Waals surface area contributed by atoms with Gasteiger partial charge in [-0.3, -0.25) is 0 Å². The second-order valence-corrected chi connectivity index (χ2v) is 6.03. The molecule has 3 nitrogen and oxygen atoms in total. The lowest BCUT2D eigenvalue weighted by atomic mass is 9.77. The molecule has 1 aliphatic heterocycles. The first kappa shape index (κ1) is 14.4. The van der Waals surface area contributed by atoms with Crippen molar-refractivity contribution < 1.29 is 9.31 Å². The number of aromatic nitrogens is 1. The summed E-state index contributed by atoms with van der Waals surface area (Å²) in [7, 11) is -0.460. The van der Waals surface area contributed by atoms with Crippen molar-refractivity contribution in [2.45, 2.75) is 45.3 Å². The third-order valence-electron chi connectivity index (χ3n) is 3.75. The molecule has 100 valence electrons. The van der Waals surface area contributed by atoms with Gasteiger partial charge in [-0.2, -0.15) is 0 Å². The maximum atomic E-state index is 6.00. The summed E-state index contributed by atoms with van der Waals surface area (Å²) in [4.78, 5) is 4.27. The Kier molecular flexibility index (Phi) is 3.66. The normalized spacial score (nSPS) is 20.3. The number of hydrogen-bond acceptors (Lipinski definition) is 3. The molecule has 0 bridgehead atoms. The zero-order chi connectivity index (χ0) is 14.3. The number of terminal acetylenes is 1. The van der Waals surface area contributed by atoms with Gasteiger partial charge in [-0.05, 0) is 33.8 Å². The highest BCUT2D eigenvalue weighted by atomic mass is 35.5. The van der Waals surface area contributed by atoms with E-state index in [0.717, 1.165) is 11.2 Å². The van der Waals surface area contributed by atoms with Gasteiger partial charge >= 0.3 is 7.12 Å². The minimum atomic E-state index is -0.460. The Morgan fingerprint density at radius 3 is 2.37 bits per heavy atom. The number of pyridine rings is 1. The second-order valence-electron chi connectivity index (χ2n) is 5.64. The lowest BCUT2D eigenvalue weighted by Gasteiger charge is -2.32. The molecule has 0 saturated carbocycles. The van der Waals surface area contributed by atoms with Gasteiger partial charge in [0, 0.05) is 5.46 Å². The van der Waals surface area contributed by atoms with E-state index < -0.39 is 7.12 Å². The average molecular weight is 278 g/mol. The maximum absolute atomic E-state index is 6.00. The minimum Gasteiger partial charge on any atom is -0.399 e. The third-order valence-corrected chi connectivity index (χ3v) is 3.96. The minimum absolute atomic E-state index is 0.384. The fourth-order valence-electron chi connectivity index (χ4n) is 1.91. The molecule has 1 saturated heterocycles. The van der Waals surface area contributed by atoms with Crippen LogP contribution in [-0.2, 0) is 15.7 Å². The van der Waals surface area contributed by atoms with E-state index in [1.54, 1.807) is 6.07 Å². The lowest BCUT2D eigenvalue weighted by molar-refractivity contribution is 0.00578. The summed E-state index contributed by atoms with van der Waals surface area (Å²) in [6, 6.07) is 3.59. The van der Waals surface area contributed by atoms with Crippen LogP contribution in [0.25, 0.3) is 0 Å². The molecular weight excluding hydrogens is 260 g/mol. The van der Waals surface area contributed by atoms with E-state index >= 15 is 0 Å². The van der Waals surface area contributed by atoms with E-state index in [9.17, 15) is 0 Å². The topological polar surface area (TPSA) is 31.4 Å². The van der Waals surface area contributed by atoms with Gasteiger partial charge in [0.05, 0.1) is 23.3 Å². The number of hydrogen-bond donors (Lipinski definition) is 0. The summed E-state index contributed by atoms with van der Waals surface area (Å²) in [6.07, 6.45) is 5.77. The average Bonchev–Trinajstić information content (AvgIpc) is 2.48. The third kappa shape index (κ3) is 2.64. The van der Waals surface area contributed by atoms with Crippen molar-refractivity contribution in [3.8, 4) is 12.3 Å². The van der Waals surface area contributed by atoms with Gasteiger partial charge < -0.3 is 9.31 Å². The Bertz CT molecular complexity index is 521. The van der Waals surface area contributed by atoms with Gasteiger partial charge in [0.25, 0.3) is 0 Å². The van der Waals surface area contributed by atoms with Crippen molar-refractivity contribution in [2.24, 2.45) is 0 Å². The van der Waals surface area contributed by atoms with Crippen molar-refractivity contribution in [3.63, 3.8) is 0 Å². The fraction of sp³-hybridized carbons (Fsp3) is 0.500. The molecule has 0 aliphatic carbocycles. The zero-order valence-corrected chi connectivity index (χ0v) is 12.4. The largest absolute Gasteiger partial charge is 0.496 e. The van der Waals surface area contributed by atoms with E-state index in [0.29, 0.717) is 11.6 Å². The molecule has 1 fully saturated rings. The zero-order valence-electron chi connectivity index (χ0n) is 11.7. The van der Waals surface area contributed by atoms with E-state index in [4.69, 9.17) is 27.3 Å². The van der Waals surface area contributed by atoms with Crippen LogP contribution in [-0.4, -0.2) is 23.3 Å². The monoisotopic (exact) mass is 277 g/mol. The van der Waals surface area contributed by atoms with Gasteiger partial charge in [0.2, 0.25) is 0 Å². The summed E-state index contributed by atoms with van der Waals surface area (Å²) < 4.78 is 12.0. The fourth-order valence-corrected chi connectivity index (χ4v) is 2.07. The van der Waals surface area contributed by atoms with Crippen molar-refractivity contribution in [2.75, 3.05) is 0 Å². The van der Waals surface area contributed by atoms with Crippen LogP contribution in [0.15, 0.2) is 12.1 Å². The number of halogens is 1. The first-order chi connectivity index (χ1) is 8.77. The van der Waals surface area contributed by atoms with E-state index in [1.165, 1.54) is 0 Å². The van der Waals surface area contributed by atoms with Crippen LogP contribution in [0.1, 0.15) is 33.4 Å². The van der Waals surface area contributed by atoms with Crippen LogP contribution in [0.3, 0.4) is 0 Å². The summed E-state index contributed by atoms with van der Waals surface area (Å²) in [5.41, 5.74) is 0.810. The maximum Gasteiger partial charge on any atom is 0.496 e. The smallest absolute Gasteiger partial charge is 0.399 e. The van der Waals surface area contributed by atoms with Crippen LogP contribution >= 0.6 is 11.6 Å². The van der Waals surface area contributed by atoms with Crippen LogP contribution in [0.4, 0.5) is 0 Å². The first-order valence-corrected chi connectivity index (χ1v) is 6.59. The van der Waals surface area contributed by atoms with Crippen LogP contribution in [0, 0.1) is 12.3 Å². The molecule has 2 heterocycles. The first-order valence-electron chi connectivity index (χ1n) is 6.21. The molecule has 0 atom stereocenters. The van der Waals surface area contributed by atoms with Gasteiger partial charge in [-0.1, -0.05) is 17.7 Å². The highest BCUT2D eigenvalue weighted by molar-refractivity contribution is 6.62. The Morgan fingerprint density at radius 1 is 1.26 bits per heavy atom. The molecule has 1 aromatic rings. The molecule has 0 aromatic carbocycles. The Hall–Kier alpha value is -1.02. The van der Waals surface area contributed by atoms with Gasteiger partial charge in [0.15, 0.2) is 0 Å². The molecule has 0 N–H and O–H groups in total. The molecule has 1 aliphatic rings. The molecule has 1 aromatic heterocycles. The Labute approximate surface area is 119 Å². The van der Waals surface area contributed by atoms with Crippen molar-refractivity contribution >= 4 is 24.2 Å². The second kappa shape index (κ2) is 4.83. The van der Waals surface area contributed by atoms with E-state index in [1.807, 2.05) is 33.8 Å². The van der Waals surface area contributed by atoms with Crippen molar-refractivity contribution in [1.82, 2.24) is 4.98 Å². The molecule has 2 rings (SSSR count). The summed E-state index contributed by atoms with van der Waals surface area (Å²) in [5.74, 6) is 2.58. The van der Waals surface area contributed by atoms with Gasteiger partial charge in [-0.25, -0.2) is 4.98 Å². The predicted octanol–water partition coefficient (Wildman–Crippen LogP) is 2.21. The Morgan fingerprint density at radius 2 is 1.84 bits per heavy atom. The summed E-state index contributed by atoms with van der Waals surface area (Å²) in [6.45, 7) is 8.04. The van der Waals surface area contributed by atoms with Crippen molar-refractivity contribution in [1.29, 1.82) is 0 Å². The molecule has 19 heavy (non-hydrogen) atoms. The van der Waals surface area contributed by atoms with E-state index in [2.05, 4.69) is 10.9 Å². The van der Waals surface area contributed by atoms with Crippen LogP contribution in [0.5, 0.6) is 0 Å².